The van der Waals surface area contributed by atoms with Gasteiger partial charge in [-0.2, -0.15) is 0 Å². The Bertz CT molecular complexity index is 1190. The zero-order valence-electron chi connectivity index (χ0n) is 19.5. The molecule has 9 heteroatoms. The molecule has 0 aliphatic heterocycles. The quantitative estimate of drug-likeness (QED) is 0.308. The summed E-state index contributed by atoms with van der Waals surface area (Å²) in [4.78, 5) is 24.8. The lowest BCUT2D eigenvalue weighted by Crippen LogP contribution is -2.23. The van der Waals surface area contributed by atoms with Crippen LogP contribution in [0.2, 0.25) is 5.02 Å². The van der Waals surface area contributed by atoms with E-state index in [-0.39, 0.29) is 24.1 Å². The van der Waals surface area contributed by atoms with Crippen molar-refractivity contribution in [3.8, 4) is 0 Å². The fraction of sp³-hybridized carbons (Fsp3) is 0.280. The lowest BCUT2D eigenvalue weighted by atomic mass is 10.1. The number of hydrogen-bond donors (Lipinski definition) is 2. The molecule has 7 nitrogen and oxygen atoms in total. The van der Waals surface area contributed by atoms with Crippen LogP contribution in [0.3, 0.4) is 0 Å². The van der Waals surface area contributed by atoms with Gasteiger partial charge in [0.05, 0.1) is 12.3 Å². The van der Waals surface area contributed by atoms with E-state index in [1.807, 2.05) is 54.8 Å². The van der Waals surface area contributed by atoms with Gasteiger partial charge in [-0.3, -0.25) is 9.59 Å². The lowest BCUT2D eigenvalue weighted by Gasteiger charge is -2.13. The largest absolute Gasteiger partial charge is 0.345 e. The molecule has 0 spiro atoms. The predicted octanol–water partition coefficient (Wildman–Crippen LogP) is 4.88. The van der Waals surface area contributed by atoms with Gasteiger partial charge >= 0.3 is 0 Å². The van der Waals surface area contributed by atoms with Gasteiger partial charge in [0, 0.05) is 23.3 Å². The van der Waals surface area contributed by atoms with Crippen molar-refractivity contribution in [1.82, 2.24) is 20.1 Å². The number of amides is 2. The monoisotopic (exact) mass is 497 g/mol. The molecule has 0 unspecified atom stereocenters. The molecule has 0 aliphatic carbocycles. The lowest BCUT2D eigenvalue weighted by molar-refractivity contribution is -0.116. The van der Waals surface area contributed by atoms with Crippen LogP contribution in [0, 0.1) is 6.92 Å². The molecule has 0 aliphatic rings. The summed E-state index contributed by atoms with van der Waals surface area (Å²) in [6.45, 7) is 6.87. The van der Waals surface area contributed by atoms with E-state index < -0.39 is 0 Å². The van der Waals surface area contributed by atoms with Gasteiger partial charge in [0.2, 0.25) is 11.8 Å². The summed E-state index contributed by atoms with van der Waals surface area (Å²) in [6, 6.07) is 13.3. The molecule has 1 heterocycles. The minimum atomic E-state index is -0.260. The number of thioether (sulfide) groups is 1. The number of nitrogens with zero attached hydrogens (tertiary/aromatic N) is 3. The average molecular weight is 498 g/mol. The van der Waals surface area contributed by atoms with E-state index in [9.17, 15) is 9.59 Å². The third-order valence-electron chi connectivity index (χ3n) is 5.19. The summed E-state index contributed by atoms with van der Waals surface area (Å²) in [5.74, 6) is 0.475. The van der Waals surface area contributed by atoms with Crippen molar-refractivity contribution in [2.45, 2.75) is 45.4 Å². The number of aromatic nitrogens is 3. The van der Waals surface area contributed by atoms with Gasteiger partial charge < -0.3 is 15.2 Å². The number of hydrogen-bond acceptors (Lipinski definition) is 5. The average Bonchev–Trinajstić information content (AvgIpc) is 3.24. The summed E-state index contributed by atoms with van der Waals surface area (Å²) in [5.41, 5.74) is 3.79. The highest BCUT2D eigenvalue weighted by Gasteiger charge is 2.15. The molecular weight excluding hydrogens is 470 g/mol. The first kappa shape index (κ1) is 25.5. The number of nitrogens with one attached hydrogen (secondary N) is 2. The molecule has 2 amide bonds. The molecule has 3 rings (SSSR count). The molecule has 0 atom stereocenters. The van der Waals surface area contributed by atoms with Crippen molar-refractivity contribution < 1.29 is 9.59 Å². The van der Waals surface area contributed by atoms with E-state index in [0.717, 1.165) is 28.8 Å². The Hall–Kier alpha value is -3.10. The van der Waals surface area contributed by atoms with Gasteiger partial charge in [0.25, 0.3) is 0 Å². The summed E-state index contributed by atoms with van der Waals surface area (Å²) in [5, 5.41) is 15.5. The predicted molar refractivity (Wildman–Crippen MR) is 138 cm³/mol. The van der Waals surface area contributed by atoms with Crippen molar-refractivity contribution in [1.29, 1.82) is 0 Å². The number of benzene rings is 2. The Morgan fingerprint density at radius 2 is 1.91 bits per heavy atom. The maximum atomic E-state index is 12.6. The highest BCUT2D eigenvalue weighted by atomic mass is 35.5. The summed E-state index contributed by atoms with van der Waals surface area (Å²) in [7, 11) is 0. The van der Waals surface area contributed by atoms with Crippen LogP contribution < -0.4 is 10.6 Å². The maximum Gasteiger partial charge on any atom is 0.244 e. The van der Waals surface area contributed by atoms with E-state index >= 15 is 0 Å². The number of carbonyl (C=O) groups is 2. The number of halogens is 1. The molecule has 2 aromatic carbocycles. The van der Waals surface area contributed by atoms with Crippen molar-refractivity contribution >= 4 is 46.9 Å². The molecule has 0 fully saturated rings. The summed E-state index contributed by atoms with van der Waals surface area (Å²) >= 11 is 7.43. The Morgan fingerprint density at radius 3 is 2.65 bits per heavy atom. The number of anilines is 1. The van der Waals surface area contributed by atoms with Crippen LogP contribution in [0.4, 0.5) is 5.69 Å². The highest BCUT2D eigenvalue weighted by molar-refractivity contribution is 7.99. The number of aryl methyl sites for hydroxylation is 2. The van der Waals surface area contributed by atoms with Gasteiger partial charge in [-0.05, 0) is 49.1 Å². The smallest absolute Gasteiger partial charge is 0.244 e. The molecule has 0 bridgehead atoms. The van der Waals surface area contributed by atoms with Crippen LogP contribution in [0.5, 0.6) is 0 Å². The van der Waals surface area contributed by atoms with Gasteiger partial charge in [-0.15, -0.1) is 10.2 Å². The van der Waals surface area contributed by atoms with Crippen LogP contribution in [0.25, 0.3) is 6.08 Å². The molecule has 2 N–H and O–H groups in total. The molecule has 1 aromatic heterocycles. The molecule has 34 heavy (non-hydrogen) atoms. The first-order valence-corrected chi connectivity index (χ1v) is 12.4. The third-order valence-corrected chi connectivity index (χ3v) is 6.50. The van der Waals surface area contributed by atoms with Crippen molar-refractivity contribution in [3.63, 3.8) is 0 Å². The Kier molecular flexibility index (Phi) is 9.30. The second kappa shape index (κ2) is 12.4. The van der Waals surface area contributed by atoms with Gasteiger partial charge in [-0.25, -0.2) is 0 Å². The second-order valence-electron chi connectivity index (χ2n) is 7.52. The second-order valence-corrected chi connectivity index (χ2v) is 8.86. The number of para-hydroxylation sites is 1. The third kappa shape index (κ3) is 6.71. The Morgan fingerprint density at radius 1 is 1.12 bits per heavy atom. The highest BCUT2D eigenvalue weighted by Crippen LogP contribution is 2.23. The van der Waals surface area contributed by atoms with Gasteiger partial charge in [-0.1, -0.05) is 66.7 Å². The van der Waals surface area contributed by atoms with Gasteiger partial charge in [0.1, 0.15) is 0 Å². The molecule has 3 aromatic rings. The minimum absolute atomic E-state index is 0.0979. The molecule has 0 saturated heterocycles. The standard InChI is InChI=1S/C25H28ClN5O2S/c1-4-18-11-8-9-17(3)24(18)28-23(33)16-34-25-30-29-21(31(25)5-2)15-27-22(32)14-13-19-10-6-7-12-20(19)26/h6-14H,4-5,15-16H2,1-3H3,(H,27,32)(H,28,33)/b14-13+. The Labute approximate surface area is 209 Å². The SMILES string of the molecule is CCc1cccc(C)c1NC(=O)CSc1nnc(CNC(=O)/C=C/c2ccccc2Cl)n1CC. The first-order chi connectivity index (χ1) is 16.4. The molecule has 0 saturated carbocycles. The maximum absolute atomic E-state index is 12.6. The molecule has 178 valence electrons. The van der Waals surface area contributed by atoms with E-state index in [0.29, 0.717) is 22.5 Å². The zero-order chi connectivity index (χ0) is 24.5. The van der Waals surface area contributed by atoms with Crippen LogP contribution >= 0.6 is 23.4 Å². The zero-order valence-corrected chi connectivity index (χ0v) is 21.0. The molecule has 0 radical (unpaired) electrons. The van der Waals surface area contributed by atoms with E-state index in [1.54, 1.807) is 12.1 Å². The Balaban J connectivity index is 1.56. The topological polar surface area (TPSA) is 88.9 Å². The van der Waals surface area contributed by atoms with Crippen LogP contribution in [-0.2, 0) is 29.1 Å². The number of carbonyl (C=O) groups excluding carboxylic acids is 2. The van der Waals surface area contributed by atoms with Crippen molar-refractivity contribution in [2.24, 2.45) is 0 Å². The molecular formula is C25H28ClN5O2S. The van der Waals surface area contributed by atoms with Crippen molar-refractivity contribution in [2.75, 3.05) is 11.1 Å². The fourth-order valence-corrected chi connectivity index (χ4v) is 4.40. The van der Waals surface area contributed by atoms with E-state index in [4.69, 9.17) is 11.6 Å². The van der Waals surface area contributed by atoms with Crippen LogP contribution in [0.1, 0.15) is 36.4 Å². The minimum Gasteiger partial charge on any atom is -0.345 e. The van der Waals surface area contributed by atoms with Gasteiger partial charge in [0.15, 0.2) is 11.0 Å². The number of rotatable bonds is 10. The van der Waals surface area contributed by atoms with Crippen LogP contribution in [0.15, 0.2) is 53.7 Å². The van der Waals surface area contributed by atoms with E-state index in [2.05, 4.69) is 27.8 Å². The summed E-state index contributed by atoms with van der Waals surface area (Å²) < 4.78 is 1.89. The fourth-order valence-electron chi connectivity index (χ4n) is 3.38. The van der Waals surface area contributed by atoms with E-state index in [1.165, 1.54) is 17.8 Å². The van der Waals surface area contributed by atoms with Crippen LogP contribution in [-0.4, -0.2) is 32.3 Å². The summed E-state index contributed by atoms with van der Waals surface area (Å²) in [6.07, 6.45) is 3.95. The normalized spacial score (nSPS) is 11.1. The van der Waals surface area contributed by atoms with Crippen molar-refractivity contribution in [3.05, 3.63) is 76.1 Å². The first-order valence-electron chi connectivity index (χ1n) is 11.1.